The summed E-state index contributed by atoms with van der Waals surface area (Å²) in [5.41, 5.74) is 1.05. The Labute approximate surface area is 103 Å². The number of unbranched alkanes of at least 4 members (excludes halogenated alkanes) is 1. The van der Waals surface area contributed by atoms with Crippen LogP contribution < -0.4 is 5.32 Å². The molecule has 0 saturated heterocycles. The molecule has 0 bridgehead atoms. The van der Waals surface area contributed by atoms with Gasteiger partial charge in [0.05, 0.1) is 15.2 Å². The molecule has 90 valence electrons. The topological polar surface area (TPSA) is 62.2 Å². The Morgan fingerprint density at radius 1 is 1.35 bits per heavy atom. The number of fused-ring (bicyclic) bond motifs is 1. The highest BCUT2D eigenvalue weighted by Crippen LogP contribution is 2.22. The zero-order valence-electron chi connectivity index (χ0n) is 9.35. The maximum Gasteiger partial charge on any atom is 0.404 e. The predicted molar refractivity (Wildman–Crippen MR) is 68.6 cm³/mol. The second kappa shape index (κ2) is 5.63. The summed E-state index contributed by atoms with van der Waals surface area (Å²) >= 11 is 1.71. The van der Waals surface area contributed by atoms with E-state index in [4.69, 9.17) is 5.11 Å². The van der Waals surface area contributed by atoms with Gasteiger partial charge < -0.3 is 10.4 Å². The first-order chi connectivity index (χ1) is 8.25. The van der Waals surface area contributed by atoms with E-state index < -0.39 is 6.09 Å². The van der Waals surface area contributed by atoms with Crippen LogP contribution in [0.5, 0.6) is 0 Å². The molecule has 0 atom stereocenters. The summed E-state index contributed by atoms with van der Waals surface area (Å²) in [5.74, 6) is 0. The van der Waals surface area contributed by atoms with Gasteiger partial charge in [0.15, 0.2) is 0 Å². The molecule has 2 N–H and O–H groups in total. The van der Waals surface area contributed by atoms with E-state index >= 15 is 0 Å². The van der Waals surface area contributed by atoms with Crippen LogP contribution in [-0.4, -0.2) is 22.7 Å². The number of nitrogens with one attached hydrogen (secondary N) is 1. The lowest BCUT2D eigenvalue weighted by Gasteiger charge is -1.98. The predicted octanol–water partition coefficient (Wildman–Crippen LogP) is 2.89. The van der Waals surface area contributed by atoms with E-state index in [1.807, 2.05) is 18.2 Å². The summed E-state index contributed by atoms with van der Waals surface area (Å²) in [6.07, 6.45) is 1.77. The van der Waals surface area contributed by atoms with Gasteiger partial charge in [0.25, 0.3) is 0 Å². The maximum absolute atomic E-state index is 10.2. The number of carbonyl (C=O) groups is 1. The Balaban J connectivity index is 1.81. The minimum absolute atomic E-state index is 0.514. The van der Waals surface area contributed by atoms with Crippen LogP contribution in [0.1, 0.15) is 17.8 Å². The van der Waals surface area contributed by atoms with Crippen molar-refractivity contribution in [3.63, 3.8) is 0 Å². The molecule has 0 aliphatic heterocycles. The van der Waals surface area contributed by atoms with Crippen LogP contribution in [0.3, 0.4) is 0 Å². The molecule has 1 amide bonds. The summed E-state index contributed by atoms with van der Waals surface area (Å²) in [6.45, 7) is 0.514. The van der Waals surface area contributed by atoms with Crippen molar-refractivity contribution in [3.8, 4) is 0 Å². The summed E-state index contributed by atoms with van der Waals surface area (Å²) in [5, 5.41) is 11.9. The minimum Gasteiger partial charge on any atom is -0.465 e. The number of hydrogen-bond donors (Lipinski definition) is 2. The number of nitrogens with zero attached hydrogens (tertiary/aromatic N) is 1. The van der Waals surface area contributed by atoms with Crippen LogP contribution in [0, 0.1) is 0 Å². The largest absolute Gasteiger partial charge is 0.465 e. The fraction of sp³-hybridized carbons (Fsp3) is 0.333. The SMILES string of the molecule is O=C(O)NCCCCc1nc2ccccc2s1. The van der Waals surface area contributed by atoms with Crippen molar-refractivity contribution in [2.75, 3.05) is 6.54 Å². The first kappa shape index (κ1) is 11.9. The third-order valence-electron chi connectivity index (χ3n) is 2.43. The van der Waals surface area contributed by atoms with Crippen LogP contribution in [-0.2, 0) is 6.42 Å². The van der Waals surface area contributed by atoms with E-state index in [0.717, 1.165) is 29.8 Å². The second-order valence-corrected chi connectivity index (χ2v) is 4.88. The third-order valence-corrected chi connectivity index (χ3v) is 3.53. The normalized spacial score (nSPS) is 10.6. The van der Waals surface area contributed by atoms with Crippen LogP contribution in [0.15, 0.2) is 24.3 Å². The average Bonchev–Trinajstić information content (AvgIpc) is 2.70. The van der Waals surface area contributed by atoms with Crippen LogP contribution >= 0.6 is 11.3 Å². The number of amides is 1. The molecule has 0 aliphatic carbocycles. The molecule has 0 fully saturated rings. The van der Waals surface area contributed by atoms with Crippen molar-refractivity contribution >= 4 is 27.6 Å². The average molecular weight is 250 g/mol. The molecule has 2 aromatic rings. The molecule has 0 aliphatic rings. The number of hydrogen-bond acceptors (Lipinski definition) is 3. The number of benzene rings is 1. The first-order valence-corrected chi connectivity index (χ1v) is 6.38. The number of aromatic nitrogens is 1. The van der Waals surface area contributed by atoms with Gasteiger partial charge in [0.2, 0.25) is 0 Å². The summed E-state index contributed by atoms with van der Waals surface area (Å²) in [6, 6.07) is 8.09. The number of thiazole rings is 1. The van der Waals surface area contributed by atoms with E-state index in [2.05, 4.69) is 16.4 Å². The van der Waals surface area contributed by atoms with Crippen molar-refractivity contribution in [2.24, 2.45) is 0 Å². The van der Waals surface area contributed by atoms with Gasteiger partial charge in [-0.05, 0) is 31.4 Å². The minimum atomic E-state index is -0.954. The van der Waals surface area contributed by atoms with Gasteiger partial charge in [0, 0.05) is 6.54 Å². The fourth-order valence-electron chi connectivity index (χ4n) is 1.62. The van der Waals surface area contributed by atoms with E-state index in [1.165, 1.54) is 4.70 Å². The van der Waals surface area contributed by atoms with Crippen LogP contribution in [0.4, 0.5) is 4.79 Å². The molecule has 1 aromatic carbocycles. The smallest absolute Gasteiger partial charge is 0.404 e. The van der Waals surface area contributed by atoms with Gasteiger partial charge in [-0.1, -0.05) is 12.1 Å². The second-order valence-electron chi connectivity index (χ2n) is 3.76. The Morgan fingerprint density at radius 3 is 2.94 bits per heavy atom. The van der Waals surface area contributed by atoms with E-state index in [1.54, 1.807) is 11.3 Å². The molecule has 0 saturated carbocycles. The Morgan fingerprint density at radius 2 is 2.18 bits per heavy atom. The molecule has 0 unspecified atom stereocenters. The summed E-state index contributed by atoms with van der Waals surface area (Å²) in [7, 11) is 0. The quantitative estimate of drug-likeness (QED) is 0.802. The number of rotatable bonds is 5. The standard InChI is InChI=1S/C12H14N2O2S/c15-12(16)13-8-4-3-7-11-14-9-5-1-2-6-10(9)17-11/h1-2,5-6,13H,3-4,7-8H2,(H,15,16). The van der Waals surface area contributed by atoms with Crippen molar-refractivity contribution < 1.29 is 9.90 Å². The number of para-hydroxylation sites is 1. The van der Waals surface area contributed by atoms with Gasteiger partial charge >= 0.3 is 6.09 Å². The molecular weight excluding hydrogens is 236 g/mol. The highest BCUT2D eigenvalue weighted by Gasteiger charge is 2.02. The van der Waals surface area contributed by atoms with Gasteiger partial charge in [-0.3, -0.25) is 0 Å². The third kappa shape index (κ3) is 3.42. The van der Waals surface area contributed by atoms with Gasteiger partial charge in [-0.2, -0.15) is 0 Å². The van der Waals surface area contributed by atoms with Crippen LogP contribution in [0.25, 0.3) is 10.2 Å². The zero-order chi connectivity index (χ0) is 12.1. The lowest BCUT2D eigenvalue weighted by Crippen LogP contribution is -2.21. The lowest BCUT2D eigenvalue weighted by molar-refractivity contribution is 0.194. The highest BCUT2D eigenvalue weighted by atomic mass is 32.1. The maximum atomic E-state index is 10.2. The lowest BCUT2D eigenvalue weighted by atomic mass is 10.2. The van der Waals surface area contributed by atoms with Crippen LogP contribution in [0.2, 0.25) is 0 Å². The Kier molecular flexibility index (Phi) is 3.93. The molecule has 2 rings (SSSR count). The Bertz CT molecular complexity index is 477. The van der Waals surface area contributed by atoms with Gasteiger partial charge in [-0.25, -0.2) is 9.78 Å². The molecule has 1 heterocycles. The highest BCUT2D eigenvalue weighted by molar-refractivity contribution is 7.18. The molecule has 4 nitrogen and oxygen atoms in total. The molecule has 0 spiro atoms. The van der Waals surface area contributed by atoms with E-state index in [-0.39, 0.29) is 0 Å². The van der Waals surface area contributed by atoms with E-state index in [9.17, 15) is 4.79 Å². The van der Waals surface area contributed by atoms with E-state index in [0.29, 0.717) is 6.54 Å². The summed E-state index contributed by atoms with van der Waals surface area (Å²) < 4.78 is 1.21. The van der Waals surface area contributed by atoms with Crippen molar-refractivity contribution in [1.82, 2.24) is 10.3 Å². The molecule has 5 heteroatoms. The monoisotopic (exact) mass is 250 g/mol. The molecule has 17 heavy (non-hydrogen) atoms. The first-order valence-electron chi connectivity index (χ1n) is 5.57. The molecular formula is C12H14N2O2S. The van der Waals surface area contributed by atoms with Crippen molar-refractivity contribution in [1.29, 1.82) is 0 Å². The fourth-order valence-corrected chi connectivity index (χ4v) is 2.63. The van der Waals surface area contributed by atoms with Crippen molar-refractivity contribution in [3.05, 3.63) is 29.3 Å². The molecule has 0 radical (unpaired) electrons. The van der Waals surface area contributed by atoms with Gasteiger partial charge in [-0.15, -0.1) is 11.3 Å². The zero-order valence-corrected chi connectivity index (χ0v) is 10.2. The number of carboxylic acid groups (broad SMARTS) is 1. The number of aryl methyl sites for hydroxylation is 1. The van der Waals surface area contributed by atoms with Gasteiger partial charge in [0.1, 0.15) is 0 Å². The molecule has 1 aromatic heterocycles. The Hall–Kier alpha value is -1.62. The summed E-state index contributed by atoms with van der Waals surface area (Å²) in [4.78, 5) is 14.8. The van der Waals surface area contributed by atoms with Crippen molar-refractivity contribution in [2.45, 2.75) is 19.3 Å².